The Morgan fingerprint density at radius 2 is 1.80 bits per heavy atom. The molecule has 6 heteroatoms. The second-order valence-electron chi connectivity index (χ2n) is 8.36. The monoisotopic (exact) mass is 472 g/mol. The molecule has 5 rings (SSSR count). The minimum absolute atomic E-state index is 0. The highest BCUT2D eigenvalue weighted by atomic mass is 79.9. The standard InChI is InChI=1S/C24H29N2O3.BrH/c1-17-7-6-8-20(18(17)2)25-16-24(27,26-12-5-3-4-9-23(25)26)19-10-11-21-22(15-19)29-14-13-28-21;/h6-8,10-11,15,27H,3-5,9,12-14,16H2,1-2H3;1H/q+1;/p-1. The number of hydrogen-bond acceptors (Lipinski definition) is 4. The summed E-state index contributed by atoms with van der Waals surface area (Å²) in [6.45, 7) is 6.82. The van der Waals surface area contributed by atoms with Gasteiger partial charge in [0.15, 0.2) is 18.0 Å². The molecule has 0 amide bonds. The van der Waals surface area contributed by atoms with E-state index < -0.39 is 5.72 Å². The smallest absolute Gasteiger partial charge is 0.271 e. The van der Waals surface area contributed by atoms with Gasteiger partial charge in [-0.05, 0) is 68.5 Å². The molecule has 0 aromatic heterocycles. The minimum atomic E-state index is -1.08. The zero-order valence-electron chi connectivity index (χ0n) is 17.7. The first kappa shape index (κ1) is 21.2. The number of anilines is 1. The molecule has 0 radical (unpaired) electrons. The van der Waals surface area contributed by atoms with Gasteiger partial charge in [-0.3, -0.25) is 0 Å². The lowest BCUT2D eigenvalue weighted by Gasteiger charge is -2.26. The SMILES string of the molecule is Cc1cccc(N2CC(O)(c3ccc4c(c3)OCCO4)[N+]3=C2CCCCC3)c1C.[Br-]. The van der Waals surface area contributed by atoms with Crippen molar-refractivity contribution in [1.82, 2.24) is 0 Å². The van der Waals surface area contributed by atoms with Crippen molar-refractivity contribution in [3.8, 4) is 11.5 Å². The first-order valence-electron chi connectivity index (χ1n) is 10.7. The van der Waals surface area contributed by atoms with Gasteiger partial charge in [-0.2, -0.15) is 0 Å². The number of halogens is 1. The first-order valence-corrected chi connectivity index (χ1v) is 10.7. The number of amidine groups is 1. The lowest BCUT2D eigenvalue weighted by molar-refractivity contribution is -0.658. The summed E-state index contributed by atoms with van der Waals surface area (Å²) in [4.78, 5) is 2.34. The van der Waals surface area contributed by atoms with Crippen molar-refractivity contribution in [3.63, 3.8) is 0 Å². The van der Waals surface area contributed by atoms with Gasteiger partial charge in [0.05, 0.1) is 6.54 Å². The number of nitrogens with zero attached hydrogens (tertiary/aromatic N) is 2. The fourth-order valence-corrected chi connectivity index (χ4v) is 4.86. The van der Waals surface area contributed by atoms with Gasteiger partial charge in [0.2, 0.25) is 0 Å². The lowest BCUT2D eigenvalue weighted by Crippen LogP contribution is -3.00. The summed E-state index contributed by atoms with van der Waals surface area (Å²) in [6.07, 6.45) is 4.43. The predicted molar refractivity (Wildman–Crippen MR) is 113 cm³/mol. The van der Waals surface area contributed by atoms with Gasteiger partial charge in [0.25, 0.3) is 11.6 Å². The van der Waals surface area contributed by atoms with Gasteiger partial charge in [0, 0.05) is 12.0 Å². The Bertz CT molecular complexity index is 990. The van der Waals surface area contributed by atoms with Crippen LogP contribution in [0.3, 0.4) is 0 Å². The molecule has 0 spiro atoms. The van der Waals surface area contributed by atoms with Crippen molar-refractivity contribution < 1.29 is 36.1 Å². The van der Waals surface area contributed by atoms with Gasteiger partial charge < -0.3 is 31.6 Å². The highest BCUT2D eigenvalue weighted by molar-refractivity contribution is 5.96. The van der Waals surface area contributed by atoms with Crippen LogP contribution in [0.2, 0.25) is 0 Å². The Hall–Kier alpha value is -2.05. The number of hydrogen-bond donors (Lipinski definition) is 1. The van der Waals surface area contributed by atoms with Gasteiger partial charge >= 0.3 is 0 Å². The average Bonchev–Trinajstić information content (AvgIpc) is 2.88. The topological polar surface area (TPSA) is 44.9 Å². The van der Waals surface area contributed by atoms with Crippen molar-refractivity contribution in [2.75, 3.05) is 31.2 Å². The number of fused-ring (bicyclic) bond motifs is 1. The van der Waals surface area contributed by atoms with Crippen LogP contribution in [0.5, 0.6) is 11.5 Å². The molecule has 3 aliphatic heterocycles. The van der Waals surface area contributed by atoms with Crippen LogP contribution in [0.25, 0.3) is 0 Å². The van der Waals surface area contributed by atoms with Crippen molar-refractivity contribution in [2.24, 2.45) is 0 Å². The van der Waals surface area contributed by atoms with Gasteiger partial charge in [-0.15, -0.1) is 0 Å². The molecule has 5 nitrogen and oxygen atoms in total. The van der Waals surface area contributed by atoms with Crippen LogP contribution in [0.15, 0.2) is 36.4 Å². The van der Waals surface area contributed by atoms with E-state index in [-0.39, 0.29) is 17.0 Å². The van der Waals surface area contributed by atoms with Gasteiger partial charge in [0.1, 0.15) is 18.9 Å². The molecule has 2 aromatic rings. The molecule has 30 heavy (non-hydrogen) atoms. The third-order valence-electron chi connectivity index (χ3n) is 6.60. The molecule has 0 saturated heterocycles. The lowest BCUT2D eigenvalue weighted by atomic mass is 10.00. The molecule has 0 aliphatic carbocycles. The van der Waals surface area contributed by atoms with Gasteiger partial charge in [-0.25, -0.2) is 9.48 Å². The summed E-state index contributed by atoms with van der Waals surface area (Å²) in [6, 6.07) is 12.3. The fourth-order valence-electron chi connectivity index (χ4n) is 4.86. The zero-order chi connectivity index (χ0) is 20.0. The van der Waals surface area contributed by atoms with E-state index in [4.69, 9.17) is 9.47 Å². The Kier molecular flexibility index (Phi) is 5.82. The highest BCUT2D eigenvalue weighted by Gasteiger charge is 2.52. The number of β-amino-alcohol motifs (C(OH)–C–C–N with tert-alkyl or cyclic N) is 1. The van der Waals surface area contributed by atoms with E-state index in [1.165, 1.54) is 29.1 Å². The molecule has 160 valence electrons. The van der Waals surface area contributed by atoms with Crippen LogP contribution in [0, 0.1) is 13.8 Å². The van der Waals surface area contributed by atoms with E-state index >= 15 is 0 Å². The van der Waals surface area contributed by atoms with E-state index in [9.17, 15) is 5.11 Å². The predicted octanol–water partition coefficient (Wildman–Crippen LogP) is 0.729. The van der Waals surface area contributed by atoms with E-state index in [0.29, 0.717) is 19.8 Å². The maximum Gasteiger partial charge on any atom is 0.271 e. The molecular formula is C24H29BrN2O3. The summed E-state index contributed by atoms with van der Waals surface area (Å²) in [5.41, 5.74) is 3.54. The van der Waals surface area contributed by atoms with E-state index in [2.05, 4.69) is 41.5 Å². The van der Waals surface area contributed by atoms with Crippen LogP contribution < -0.4 is 31.4 Å². The Morgan fingerprint density at radius 3 is 2.63 bits per heavy atom. The average molecular weight is 473 g/mol. The Balaban J connectivity index is 0.00000218. The van der Waals surface area contributed by atoms with Crippen LogP contribution in [-0.4, -0.2) is 41.8 Å². The molecule has 0 saturated carbocycles. The van der Waals surface area contributed by atoms with Crippen molar-refractivity contribution in [3.05, 3.63) is 53.1 Å². The normalized spacial score (nSPS) is 23.0. The molecule has 3 aliphatic rings. The Labute approximate surface area is 188 Å². The molecule has 0 bridgehead atoms. The molecule has 1 unspecified atom stereocenters. The zero-order valence-corrected chi connectivity index (χ0v) is 19.2. The summed E-state index contributed by atoms with van der Waals surface area (Å²) in [5.74, 6) is 2.71. The highest BCUT2D eigenvalue weighted by Crippen LogP contribution is 2.40. The maximum atomic E-state index is 12.0. The van der Waals surface area contributed by atoms with E-state index in [1.54, 1.807) is 0 Å². The molecule has 0 fully saturated rings. The van der Waals surface area contributed by atoms with Crippen LogP contribution in [0.1, 0.15) is 42.4 Å². The summed E-state index contributed by atoms with van der Waals surface area (Å²) in [7, 11) is 0. The Morgan fingerprint density at radius 1 is 1.00 bits per heavy atom. The van der Waals surface area contributed by atoms with Gasteiger partial charge in [-0.1, -0.05) is 12.1 Å². The molecular weight excluding hydrogens is 444 g/mol. The quantitative estimate of drug-likeness (QED) is 0.654. The minimum Gasteiger partial charge on any atom is -1.00 e. The largest absolute Gasteiger partial charge is 1.00 e. The van der Waals surface area contributed by atoms with Crippen LogP contribution in [0.4, 0.5) is 5.69 Å². The molecule has 1 N–H and O–H groups in total. The number of aryl methyl sites for hydroxylation is 1. The number of rotatable bonds is 2. The summed E-state index contributed by atoms with van der Waals surface area (Å²) >= 11 is 0. The third-order valence-corrected chi connectivity index (χ3v) is 6.60. The van der Waals surface area contributed by atoms with Crippen molar-refractivity contribution in [1.29, 1.82) is 0 Å². The summed E-state index contributed by atoms with van der Waals surface area (Å²) < 4.78 is 13.7. The first-order chi connectivity index (χ1) is 14.1. The second kappa shape index (κ2) is 8.23. The van der Waals surface area contributed by atoms with Crippen LogP contribution >= 0.6 is 0 Å². The molecule has 2 aromatic carbocycles. The van der Waals surface area contributed by atoms with Crippen molar-refractivity contribution >= 4 is 11.5 Å². The number of ether oxygens (including phenoxy) is 2. The van der Waals surface area contributed by atoms with Crippen molar-refractivity contribution in [2.45, 2.75) is 45.3 Å². The number of aliphatic hydroxyl groups is 1. The fraction of sp³-hybridized carbons (Fsp3) is 0.458. The van der Waals surface area contributed by atoms with E-state index in [1.807, 2.05) is 18.2 Å². The maximum absolute atomic E-state index is 12.0. The van der Waals surface area contributed by atoms with Crippen LogP contribution in [-0.2, 0) is 5.72 Å². The molecule has 3 heterocycles. The number of benzene rings is 2. The third kappa shape index (κ3) is 3.40. The molecule has 1 atom stereocenters. The summed E-state index contributed by atoms with van der Waals surface area (Å²) in [5, 5.41) is 12.0. The van der Waals surface area contributed by atoms with E-state index in [0.717, 1.165) is 42.9 Å². The second-order valence-corrected chi connectivity index (χ2v) is 8.36.